The van der Waals surface area contributed by atoms with Crippen LogP contribution in [-0.4, -0.2) is 41.5 Å². The molecule has 0 radical (unpaired) electrons. The van der Waals surface area contributed by atoms with Gasteiger partial charge in [0, 0.05) is 43.3 Å². The second kappa shape index (κ2) is 6.24. The Hall–Kier alpha value is -2.01. The first-order valence-electron chi connectivity index (χ1n) is 7.71. The Morgan fingerprint density at radius 1 is 1.35 bits per heavy atom. The van der Waals surface area contributed by atoms with E-state index < -0.39 is 0 Å². The number of piperazine rings is 1. The van der Waals surface area contributed by atoms with Gasteiger partial charge in [0.05, 0.1) is 0 Å². The fourth-order valence-electron chi connectivity index (χ4n) is 3.03. The van der Waals surface area contributed by atoms with E-state index in [1.165, 1.54) is 0 Å². The molecule has 1 aromatic heterocycles. The van der Waals surface area contributed by atoms with E-state index in [2.05, 4.69) is 16.8 Å². The van der Waals surface area contributed by atoms with Crippen molar-refractivity contribution in [2.24, 2.45) is 0 Å². The van der Waals surface area contributed by atoms with Crippen LogP contribution in [0.5, 0.6) is 0 Å². The highest BCUT2D eigenvalue weighted by Gasteiger charge is 2.30. The van der Waals surface area contributed by atoms with E-state index in [1.807, 2.05) is 29.2 Å². The van der Waals surface area contributed by atoms with Gasteiger partial charge in [-0.25, -0.2) is 4.98 Å². The summed E-state index contributed by atoms with van der Waals surface area (Å²) in [5, 5.41) is 0.724. The van der Waals surface area contributed by atoms with E-state index in [0.29, 0.717) is 23.9 Å². The maximum absolute atomic E-state index is 12.7. The molecule has 5 nitrogen and oxygen atoms in total. The normalized spacial score (nSPS) is 18.3. The third kappa shape index (κ3) is 3.20. The first-order valence-corrected chi connectivity index (χ1v) is 8.09. The van der Waals surface area contributed by atoms with Gasteiger partial charge in [0.25, 0.3) is 5.91 Å². The molecule has 1 fully saturated rings. The average Bonchev–Trinajstić information content (AvgIpc) is 2.85. The molecule has 1 amide bonds. The van der Waals surface area contributed by atoms with Crippen LogP contribution in [0.15, 0.2) is 28.7 Å². The molecule has 3 rings (SSSR count). The lowest BCUT2D eigenvalue weighted by atomic mass is 10.1. The van der Waals surface area contributed by atoms with Crippen molar-refractivity contribution in [3.8, 4) is 0 Å². The smallest absolute Gasteiger partial charge is 0.276 e. The van der Waals surface area contributed by atoms with Crippen LogP contribution < -0.4 is 4.90 Å². The first kappa shape index (κ1) is 15.9. The summed E-state index contributed by atoms with van der Waals surface area (Å²) in [6, 6.07) is 7.90. The molecular weight excluding hydrogens is 314 g/mol. The van der Waals surface area contributed by atoms with Gasteiger partial charge in [0.1, 0.15) is 5.76 Å². The Labute approximate surface area is 140 Å². The number of hydrogen-bond donors (Lipinski definition) is 0. The minimum atomic E-state index is -0.0578. The van der Waals surface area contributed by atoms with Gasteiger partial charge in [-0.05, 0) is 32.0 Å². The first-order chi connectivity index (χ1) is 11.0. The number of hydrogen-bond acceptors (Lipinski definition) is 4. The number of anilines is 1. The van der Waals surface area contributed by atoms with Crippen LogP contribution in [-0.2, 0) is 0 Å². The van der Waals surface area contributed by atoms with E-state index in [9.17, 15) is 4.79 Å². The predicted molar refractivity (Wildman–Crippen MR) is 90.1 cm³/mol. The zero-order chi connectivity index (χ0) is 16.6. The quantitative estimate of drug-likeness (QED) is 0.846. The molecule has 1 unspecified atom stereocenters. The minimum absolute atomic E-state index is 0.0578. The Morgan fingerprint density at radius 2 is 2.13 bits per heavy atom. The third-order valence-corrected chi connectivity index (χ3v) is 4.40. The monoisotopic (exact) mass is 333 g/mol. The minimum Gasteiger partial charge on any atom is -0.445 e. The number of amides is 1. The van der Waals surface area contributed by atoms with E-state index in [0.717, 1.165) is 23.8 Å². The number of carbonyl (C=O) groups is 1. The molecule has 0 aliphatic carbocycles. The number of benzene rings is 1. The molecule has 1 aliphatic rings. The topological polar surface area (TPSA) is 49.6 Å². The summed E-state index contributed by atoms with van der Waals surface area (Å²) >= 11 is 6.07. The molecule has 1 saturated heterocycles. The lowest BCUT2D eigenvalue weighted by Gasteiger charge is -2.40. The molecule has 0 saturated carbocycles. The molecule has 0 N–H and O–H groups in total. The van der Waals surface area contributed by atoms with Gasteiger partial charge in [0.2, 0.25) is 0 Å². The summed E-state index contributed by atoms with van der Waals surface area (Å²) in [5.41, 5.74) is 1.51. The van der Waals surface area contributed by atoms with Crippen LogP contribution in [0, 0.1) is 13.8 Å². The van der Waals surface area contributed by atoms with Crippen LogP contribution in [0.1, 0.15) is 29.1 Å². The van der Waals surface area contributed by atoms with Crippen LogP contribution in [0.2, 0.25) is 5.02 Å². The number of oxazole rings is 1. The van der Waals surface area contributed by atoms with E-state index >= 15 is 0 Å². The van der Waals surface area contributed by atoms with Crippen LogP contribution >= 0.6 is 11.6 Å². The van der Waals surface area contributed by atoms with Gasteiger partial charge in [-0.2, -0.15) is 0 Å². The molecule has 6 heteroatoms. The molecule has 0 bridgehead atoms. The molecule has 0 spiro atoms. The van der Waals surface area contributed by atoms with Crippen molar-refractivity contribution in [2.75, 3.05) is 24.5 Å². The fourth-order valence-corrected chi connectivity index (χ4v) is 3.21. The van der Waals surface area contributed by atoms with E-state index in [4.69, 9.17) is 16.0 Å². The van der Waals surface area contributed by atoms with Gasteiger partial charge >= 0.3 is 0 Å². The Morgan fingerprint density at radius 3 is 2.74 bits per heavy atom. The summed E-state index contributed by atoms with van der Waals surface area (Å²) in [7, 11) is 0. The van der Waals surface area contributed by atoms with Gasteiger partial charge < -0.3 is 14.2 Å². The highest BCUT2D eigenvalue weighted by atomic mass is 35.5. The number of rotatable bonds is 2. The van der Waals surface area contributed by atoms with Crippen molar-refractivity contribution in [1.82, 2.24) is 9.88 Å². The Kier molecular flexibility index (Phi) is 4.31. The number of carbonyl (C=O) groups excluding carboxylic acids is 1. The van der Waals surface area contributed by atoms with Crippen molar-refractivity contribution < 1.29 is 9.21 Å². The third-order valence-electron chi connectivity index (χ3n) is 4.17. The standard InChI is InChI=1S/C17H20ClN3O2/c1-11-10-20(15-6-4-5-14(18)9-15)7-8-21(11)17(22)16-12(2)23-13(3)19-16/h4-6,9,11H,7-8,10H2,1-3H3. The summed E-state index contributed by atoms with van der Waals surface area (Å²) < 4.78 is 5.38. The summed E-state index contributed by atoms with van der Waals surface area (Å²) in [5.74, 6) is 1.05. The largest absolute Gasteiger partial charge is 0.445 e. The van der Waals surface area contributed by atoms with Crippen molar-refractivity contribution in [2.45, 2.75) is 26.8 Å². The maximum atomic E-state index is 12.7. The van der Waals surface area contributed by atoms with E-state index in [1.54, 1.807) is 13.8 Å². The molecule has 2 heterocycles. The Balaban J connectivity index is 1.74. The van der Waals surface area contributed by atoms with Crippen LogP contribution in [0.3, 0.4) is 0 Å². The Bertz CT molecular complexity index is 728. The zero-order valence-electron chi connectivity index (χ0n) is 13.5. The van der Waals surface area contributed by atoms with Gasteiger partial charge in [-0.15, -0.1) is 0 Å². The van der Waals surface area contributed by atoms with Gasteiger partial charge in [-0.3, -0.25) is 4.79 Å². The van der Waals surface area contributed by atoms with Crippen LogP contribution in [0.4, 0.5) is 5.69 Å². The second-order valence-corrected chi connectivity index (χ2v) is 6.35. The highest BCUT2D eigenvalue weighted by Crippen LogP contribution is 2.24. The average molecular weight is 334 g/mol. The molecular formula is C17H20ClN3O2. The SMILES string of the molecule is Cc1nc(C(=O)N2CCN(c3cccc(Cl)c3)CC2C)c(C)o1. The number of aryl methyl sites for hydroxylation is 2. The summed E-state index contributed by atoms with van der Waals surface area (Å²) in [4.78, 5) is 21.0. The summed E-state index contributed by atoms with van der Waals surface area (Å²) in [6.45, 7) is 7.77. The van der Waals surface area contributed by atoms with Crippen molar-refractivity contribution in [1.29, 1.82) is 0 Å². The summed E-state index contributed by atoms with van der Waals surface area (Å²) in [6.07, 6.45) is 0. The molecule has 2 aromatic rings. The zero-order valence-corrected chi connectivity index (χ0v) is 14.3. The van der Waals surface area contributed by atoms with Crippen molar-refractivity contribution >= 4 is 23.2 Å². The molecule has 1 aromatic carbocycles. The molecule has 122 valence electrons. The van der Waals surface area contributed by atoms with Gasteiger partial charge in [0.15, 0.2) is 11.6 Å². The number of aromatic nitrogens is 1. The number of halogens is 1. The second-order valence-electron chi connectivity index (χ2n) is 5.91. The highest BCUT2D eigenvalue weighted by molar-refractivity contribution is 6.30. The van der Waals surface area contributed by atoms with Crippen molar-refractivity contribution in [3.05, 3.63) is 46.6 Å². The molecule has 1 atom stereocenters. The number of nitrogens with zero attached hydrogens (tertiary/aromatic N) is 3. The van der Waals surface area contributed by atoms with E-state index in [-0.39, 0.29) is 11.9 Å². The molecule has 23 heavy (non-hydrogen) atoms. The lowest BCUT2D eigenvalue weighted by Crippen LogP contribution is -2.54. The van der Waals surface area contributed by atoms with Crippen molar-refractivity contribution in [3.63, 3.8) is 0 Å². The lowest BCUT2D eigenvalue weighted by molar-refractivity contribution is 0.0667. The fraction of sp³-hybridized carbons (Fsp3) is 0.412. The predicted octanol–water partition coefficient (Wildman–Crippen LogP) is 3.30. The van der Waals surface area contributed by atoms with Gasteiger partial charge in [-0.1, -0.05) is 17.7 Å². The molecule has 1 aliphatic heterocycles. The maximum Gasteiger partial charge on any atom is 0.276 e. The van der Waals surface area contributed by atoms with Crippen LogP contribution in [0.25, 0.3) is 0 Å².